The molecule has 0 bridgehead atoms. The van der Waals surface area contributed by atoms with Crippen LogP contribution in [0.1, 0.15) is 31.7 Å². The van der Waals surface area contributed by atoms with E-state index in [2.05, 4.69) is 21.3 Å². The van der Waals surface area contributed by atoms with Gasteiger partial charge in [0.05, 0.1) is 18.3 Å². The van der Waals surface area contributed by atoms with Crippen LogP contribution < -0.4 is 5.73 Å². The zero-order valence-corrected chi connectivity index (χ0v) is 17.5. The summed E-state index contributed by atoms with van der Waals surface area (Å²) in [5.74, 6) is 1.11. The van der Waals surface area contributed by atoms with Crippen LogP contribution in [0, 0.1) is 0 Å². The zero-order chi connectivity index (χ0) is 21.7. The summed E-state index contributed by atoms with van der Waals surface area (Å²) < 4.78 is 8.24. The molecule has 1 fully saturated rings. The number of anilines is 1. The Hall–Kier alpha value is -3.71. The molecule has 3 N–H and O–H groups in total. The second-order valence-corrected chi connectivity index (χ2v) is 8.48. The molecule has 1 aliphatic carbocycles. The number of nitrogens with two attached hydrogens (primary N) is 1. The van der Waals surface area contributed by atoms with E-state index in [1.807, 2.05) is 47.4 Å². The molecule has 0 amide bonds. The normalized spacial score (nSPS) is 19.0. The van der Waals surface area contributed by atoms with Crippen LogP contribution in [0.2, 0.25) is 0 Å². The van der Waals surface area contributed by atoms with Crippen LogP contribution in [0.25, 0.3) is 44.2 Å². The number of pyridine rings is 2. The van der Waals surface area contributed by atoms with Crippen molar-refractivity contribution in [2.45, 2.75) is 37.8 Å². The first-order valence-corrected chi connectivity index (χ1v) is 10.9. The highest BCUT2D eigenvalue weighted by Crippen LogP contribution is 2.39. The Kier molecular flexibility index (Phi) is 4.43. The van der Waals surface area contributed by atoms with Gasteiger partial charge in [-0.2, -0.15) is 5.10 Å². The number of aromatic nitrogens is 4. The van der Waals surface area contributed by atoms with Crippen LogP contribution in [0.4, 0.5) is 5.82 Å². The van der Waals surface area contributed by atoms with E-state index in [0.29, 0.717) is 17.4 Å². The van der Waals surface area contributed by atoms with E-state index in [9.17, 15) is 5.11 Å². The molecule has 0 radical (unpaired) electrons. The van der Waals surface area contributed by atoms with Crippen molar-refractivity contribution in [1.82, 2.24) is 19.7 Å². The highest BCUT2D eigenvalue weighted by Gasteiger charge is 2.22. The topological polar surface area (TPSA) is 103 Å². The Morgan fingerprint density at radius 2 is 1.88 bits per heavy atom. The van der Waals surface area contributed by atoms with Crippen molar-refractivity contribution in [3.8, 4) is 22.5 Å². The van der Waals surface area contributed by atoms with Crippen molar-refractivity contribution in [3.05, 3.63) is 61.3 Å². The molecule has 160 valence electrons. The summed E-state index contributed by atoms with van der Waals surface area (Å²) in [7, 11) is 0. The molecule has 0 saturated heterocycles. The Morgan fingerprint density at radius 1 is 1.00 bits per heavy atom. The molecule has 5 aromatic rings. The van der Waals surface area contributed by atoms with Gasteiger partial charge in [-0.15, -0.1) is 0 Å². The molecule has 4 aromatic heterocycles. The minimum Gasteiger partial charge on any atom is -0.452 e. The fraction of sp³-hybridized carbons (Fsp3) is 0.240. The number of nitrogens with zero attached hydrogens (tertiary/aromatic N) is 4. The van der Waals surface area contributed by atoms with Gasteiger partial charge >= 0.3 is 0 Å². The van der Waals surface area contributed by atoms with E-state index in [0.717, 1.165) is 64.3 Å². The average molecular weight is 425 g/mol. The van der Waals surface area contributed by atoms with E-state index in [1.54, 1.807) is 12.4 Å². The second kappa shape index (κ2) is 7.46. The third-order valence-electron chi connectivity index (χ3n) is 6.49. The largest absolute Gasteiger partial charge is 0.452 e. The number of aliphatic hydroxyl groups is 1. The third-order valence-corrected chi connectivity index (χ3v) is 6.49. The van der Waals surface area contributed by atoms with Gasteiger partial charge in [-0.05, 0) is 43.2 Å². The Balaban J connectivity index is 1.44. The number of aliphatic hydroxyl groups excluding tert-OH is 1. The number of rotatable bonds is 3. The number of benzene rings is 1. The number of hydrogen-bond acceptors (Lipinski definition) is 6. The van der Waals surface area contributed by atoms with Crippen LogP contribution >= 0.6 is 0 Å². The maximum absolute atomic E-state index is 9.80. The fourth-order valence-corrected chi connectivity index (χ4v) is 4.74. The maximum Gasteiger partial charge on any atom is 0.177 e. The molecule has 6 rings (SSSR count). The van der Waals surface area contributed by atoms with Gasteiger partial charge in [0.25, 0.3) is 0 Å². The van der Waals surface area contributed by atoms with Crippen molar-refractivity contribution in [2.75, 3.05) is 5.73 Å². The molecule has 4 heterocycles. The Bertz CT molecular complexity index is 1420. The van der Waals surface area contributed by atoms with Crippen molar-refractivity contribution in [1.29, 1.82) is 0 Å². The van der Waals surface area contributed by atoms with Crippen LogP contribution in [0.5, 0.6) is 0 Å². The lowest BCUT2D eigenvalue weighted by molar-refractivity contribution is 0.108. The SMILES string of the molecule is Nc1ncc(-c2cnn([C@H]3CC[C@H](O)CC3)c2)c2cc(-c3cccc4cnccc34)oc12. The molecule has 0 aliphatic heterocycles. The summed E-state index contributed by atoms with van der Waals surface area (Å²) in [5.41, 5.74) is 9.67. The lowest BCUT2D eigenvalue weighted by atomic mass is 9.93. The van der Waals surface area contributed by atoms with Gasteiger partial charge < -0.3 is 15.3 Å². The predicted octanol–water partition coefficient (Wildman–Crippen LogP) is 4.96. The summed E-state index contributed by atoms with van der Waals surface area (Å²) >= 11 is 0. The van der Waals surface area contributed by atoms with Gasteiger partial charge in [0.1, 0.15) is 5.76 Å². The standard InChI is InChI=1S/C25H23N5O2/c26-25-24-21(10-23(32-24)20-3-1-2-15-11-27-9-8-19(15)20)22(13-28-25)16-12-29-30(14-16)17-4-6-18(31)7-5-17/h1-3,8-14,17-18,31H,4-7H2,(H2,26,28)/t17-,18-. The Morgan fingerprint density at radius 3 is 2.75 bits per heavy atom. The van der Waals surface area contributed by atoms with E-state index < -0.39 is 0 Å². The van der Waals surface area contributed by atoms with E-state index in [1.165, 1.54) is 0 Å². The summed E-state index contributed by atoms with van der Waals surface area (Å²) in [6.07, 6.45) is 12.7. The lowest BCUT2D eigenvalue weighted by Gasteiger charge is -2.25. The number of fused-ring (bicyclic) bond motifs is 2. The second-order valence-electron chi connectivity index (χ2n) is 8.48. The van der Waals surface area contributed by atoms with E-state index in [-0.39, 0.29) is 6.10 Å². The monoisotopic (exact) mass is 425 g/mol. The van der Waals surface area contributed by atoms with Crippen molar-refractivity contribution in [2.24, 2.45) is 0 Å². The van der Waals surface area contributed by atoms with Crippen LogP contribution in [-0.2, 0) is 0 Å². The molecule has 0 atom stereocenters. The summed E-state index contributed by atoms with van der Waals surface area (Å²) in [5, 5.41) is 17.5. The molecular weight excluding hydrogens is 402 g/mol. The van der Waals surface area contributed by atoms with Crippen LogP contribution in [-0.4, -0.2) is 31.0 Å². The lowest BCUT2D eigenvalue weighted by Crippen LogP contribution is -2.21. The molecule has 7 nitrogen and oxygen atoms in total. The molecule has 7 heteroatoms. The zero-order valence-electron chi connectivity index (χ0n) is 17.5. The fourth-order valence-electron chi connectivity index (χ4n) is 4.74. The highest BCUT2D eigenvalue weighted by molar-refractivity contribution is 6.03. The van der Waals surface area contributed by atoms with Crippen molar-refractivity contribution < 1.29 is 9.52 Å². The first kappa shape index (κ1) is 19.0. The minimum atomic E-state index is -0.184. The van der Waals surface area contributed by atoms with Crippen LogP contribution in [0.15, 0.2) is 65.7 Å². The first-order valence-electron chi connectivity index (χ1n) is 10.9. The van der Waals surface area contributed by atoms with Gasteiger partial charge in [0.15, 0.2) is 11.4 Å². The maximum atomic E-state index is 9.80. The highest BCUT2D eigenvalue weighted by atomic mass is 16.3. The van der Waals surface area contributed by atoms with Gasteiger partial charge in [-0.1, -0.05) is 18.2 Å². The quantitative estimate of drug-likeness (QED) is 0.423. The van der Waals surface area contributed by atoms with Crippen molar-refractivity contribution in [3.63, 3.8) is 0 Å². The van der Waals surface area contributed by atoms with Gasteiger partial charge in [0.2, 0.25) is 0 Å². The van der Waals surface area contributed by atoms with Crippen LogP contribution in [0.3, 0.4) is 0 Å². The summed E-state index contributed by atoms with van der Waals surface area (Å²) in [6, 6.07) is 10.4. The first-order chi connectivity index (χ1) is 15.7. The predicted molar refractivity (Wildman–Crippen MR) is 124 cm³/mol. The minimum absolute atomic E-state index is 0.184. The molecule has 0 unspecified atom stereocenters. The molecule has 1 saturated carbocycles. The van der Waals surface area contributed by atoms with Gasteiger partial charge in [-0.3, -0.25) is 9.67 Å². The van der Waals surface area contributed by atoms with E-state index >= 15 is 0 Å². The van der Waals surface area contributed by atoms with Crippen molar-refractivity contribution >= 4 is 27.6 Å². The average Bonchev–Trinajstić information content (AvgIpc) is 3.48. The molecular formula is C25H23N5O2. The summed E-state index contributed by atoms with van der Waals surface area (Å²) in [6.45, 7) is 0. The molecule has 1 aliphatic rings. The number of hydrogen-bond donors (Lipinski definition) is 2. The number of furan rings is 1. The molecule has 1 aromatic carbocycles. The van der Waals surface area contributed by atoms with Gasteiger partial charge in [-0.25, -0.2) is 4.98 Å². The molecule has 0 spiro atoms. The third kappa shape index (κ3) is 3.13. The molecule has 32 heavy (non-hydrogen) atoms. The Labute approximate surface area is 184 Å². The number of nitrogen functional groups attached to an aromatic ring is 1. The van der Waals surface area contributed by atoms with Gasteiger partial charge in [0, 0.05) is 52.3 Å². The smallest absolute Gasteiger partial charge is 0.177 e. The van der Waals surface area contributed by atoms with E-state index in [4.69, 9.17) is 10.2 Å². The summed E-state index contributed by atoms with van der Waals surface area (Å²) in [4.78, 5) is 8.61.